The van der Waals surface area contributed by atoms with Gasteiger partial charge in [-0.25, -0.2) is 4.98 Å². The predicted octanol–water partition coefficient (Wildman–Crippen LogP) is 4.35. The van der Waals surface area contributed by atoms with Gasteiger partial charge in [-0.3, -0.25) is 0 Å². The third-order valence-corrected chi connectivity index (χ3v) is 3.40. The van der Waals surface area contributed by atoms with Gasteiger partial charge in [0.25, 0.3) is 0 Å². The first kappa shape index (κ1) is 18.0. The van der Waals surface area contributed by atoms with Gasteiger partial charge in [0.05, 0.1) is 6.61 Å². The Bertz CT molecular complexity index is 424. The maximum absolute atomic E-state index is 5.90. The van der Waals surface area contributed by atoms with Gasteiger partial charge in [0.1, 0.15) is 0 Å². The first-order valence-electron chi connectivity index (χ1n) is 8.21. The minimum atomic E-state index is 0.117. The van der Waals surface area contributed by atoms with E-state index in [-0.39, 0.29) is 5.54 Å². The summed E-state index contributed by atoms with van der Waals surface area (Å²) in [5, 5.41) is 3.52. The Hall–Kier alpha value is -1.09. The Morgan fingerprint density at radius 3 is 2.52 bits per heavy atom. The first-order chi connectivity index (χ1) is 9.84. The second-order valence-corrected chi connectivity index (χ2v) is 6.97. The van der Waals surface area contributed by atoms with Crippen LogP contribution in [0.4, 0.5) is 0 Å². The summed E-state index contributed by atoms with van der Waals surface area (Å²) in [5.74, 6) is 1.35. The predicted molar refractivity (Wildman–Crippen MR) is 89.8 cm³/mol. The number of hydrogen-bond acceptors (Lipinski definition) is 3. The van der Waals surface area contributed by atoms with E-state index in [0.29, 0.717) is 5.92 Å². The SMILES string of the molecule is CCCC(C)COc1cc(CNC(C)(C)C)cc(CC)n1. The topological polar surface area (TPSA) is 34.1 Å². The zero-order valence-electron chi connectivity index (χ0n) is 14.6. The molecule has 1 heterocycles. The van der Waals surface area contributed by atoms with Crippen molar-refractivity contribution < 1.29 is 4.74 Å². The van der Waals surface area contributed by atoms with Crippen LogP contribution >= 0.6 is 0 Å². The fraction of sp³-hybridized carbons (Fsp3) is 0.722. The molecule has 0 saturated heterocycles. The number of nitrogens with zero attached hydrogens (tertiary/aromatic N) is 1. The molecule has 0 aliphatic carbocycles. The average Bonchev–Trinajstić information content (AvgIpc) is 2.42. The molecule has 0 saturated carbocycles. The quantitative estimate of drug-likeness (QED) is 0.773. The maximum atomic E-state index is 5.90. The van der Waals surface area contributed by atoms with Gasteiger partial charge in [-0.05, 0) is 51.2 Å². The normalized spacial score (nSPS) is 13.2. The molecule has 1 aromatic heterocycles. The largest absolute Gasteiger partial charge is 0.477 e. The molecule has 21 heavy (non-hydrogen) atoms. The third kappa shape index (κ3) is 7.47. The summed E-state index contributed by atoms with van der Waals surface area (Å²) in [4.78, 5) is 4.58. The van der Waals surface area contributed by atoms with E-state index in [9.17, 15) is 0 Å². The van der Waals surface area contributed by atoms with Gasteiger partial charge in [0.15, 0.2) is 0 Å². The fourth-order valence-electron chi connectivity index (χ4n) is 2.15. The highest BCUT2D eigenvalue weighted by Gasteiger charge is 2.10. The van der Waals surface area contributed by atoms with Gasteiger partial charge in [-0.2, -0.15) is 0 Å². The molecule has 1 atom stereocenters. The lowest BCUT2D eigenvalue weighted by atomic mass is 10.1. The van der Waals surface area contributed by atoms with E-state index in [1.54, 1.807) is 0 Å². The van der Waals surface area contributed by atoms with E-state index in [4.69, 9.17) is 4.74 Å². The molecular weight excluding hydrogens is 260 g/mol. The highest BCUT2D eigenvalue weighted by atomic mass is 16.5. The van der Waals surface area contributed by atoms with Crippen LogP contribution in [0, 0.1) is 5.92 Å². The molecule has 0 aliphatic heterocycles. The molecule has 1 rings (SSSR count). The van der Waals surface area contributed by atoms with Crippen molar-refractivity contribution in [3.8, 4) is 5.88 Å². The van der Waals surface area contributed by atoms with E-state index in [0.717, 1.165) is 31.1 Å². The van der Waals surface area contributed by atoms with Crippen molar-refractivity contribution in [1.82, 2.24) is 10.3 Å². The fourth-order valence-corrected chi connectivity index (χ4v) is 2.15. The van der Waals surface area contributed by atoms with Crippen LogP contribution in [0.15, 0.2) is 12.1 Å². The summed E-state index contributed by atoms with van der Waals surface area (Å²) in [7, 11) is 0. The van der Waals surface area contributed by atoms with E-state index in [2.05, 4.69) is 64.0 Å². The number of hydrogen-bond donors (Lipinski definition) is 1. The first-order valence-corrected chi connectivity index (χ1v) is 8.21. The minimum absolute atomic E-state index is 0.117. The standard InChI is InChI=1S/C18H32N2O/c1-7-9-14(3)13-21-17-11-15(10-16(8-2)20-17)12-19-18(4,5)6/h10-11,14,19H,7-9,12-13H2,1-6H3. The van der Waals surface area contributed by atoms with Crippen LogP contribution in [0.3, 0.4) is 0 Å². The molecule has 0 fully saturated rings. The van der Waals surface area contributed by atoms with Gasteiger partial charge < -0.3 is 10.1 Å². The zero-order valence-corrected chi connectivity index (χ0v) is 14.6. The van der Waals surface area contributed by atoms with E-state index in [1.807, 2.05) is 0 Å². The van der Waals surface area contributed by atoms with Crippen molar-refractivity contribution in [2.24, 2.45) is 5.92 Å². The van der Waals surface area contributed by atoms with Crippen molar-refractivity contribution in [2.75, 3.05) is 6.61 Å². The molecule has 1 unspecified atom stereocenters. The van der Waals surface area contributed by atoms with Gasteiger partial charge in [0, 0.05) is 23.8 Å². The monoisotopic (exact) mass is 292 g/mol. The number of rotatable bonds is 8. The van der Waals surface area contributed by atoms with Crippen LogP contribution < -0.4 is 10.1 Å². The molecule has 1 aromatic rings. The van der Waals surface area contributed by atoms with Crippen molar-refractivity contribution in [3.63, 3.8) is 0 Å². The summed E-state index contributed by atoms with van der Waals surface area (Å²) >= 11 is 0. The van der Waals surface area contributed by atoms with E-state index >= 15 is 0 Å². The van der Waals surface area contributed by atoms with Crippen molar-refractivity contribution in [1.29, 1.82) is 0 Å². The van der Waals surface area contributed by atoms with Crippen molar-refractivity contribution in [3.05, 3.63) is 23.4 Å². The van der Waals surface area contributed by atoms with Crippen molar-refractivity contribution >= 4 is 0 Å². The van der Waals surface area contributed by atoms with Gasteiger partial charge in [-0.15, -0.1) is 0 Å². The zero-order chi connectivity index (χ0) is 15.9. The van der Waals surface area contributed by atoms with Crippen molar-refractivity contribution in [2.45, 2.75) is 72.9 Å². The molecule has 0 bridgehead atoms. The number of aryl methyl sites for hydroxylation is 1. The van der Waals surface area contributed by atoms with Crippen LogP contribution in [-0.4, -0.2) is 17.1 Å². The van der Waals surface area contributed by atoms with Crippen LogP contribution in [0.5, 0.6) is 5.88 Å². The summed E-state index contributed by atoms with van der Waals surface area (Å²) in [6, 6.07) is 4.23. The lowest BCUT2D eigenvalue weighted by Gasteiger charge is -2.21. The van der Waals surface area contributed by atoms with E-state index in [1.165, 1.54) is 18.4 Å². The Morgan fingerprint density at radius 1 is 1.24 bits per heavy atom. The molecule has 1 N–H and O–H groups in total. The number of aromatic nitrogens is 1. The molecule has 0 aromatic carbocycles. The number of ether oxygens (including phenoxy) is 1. The van der Waals surface area contributed by atoms with Crippen LogP contribution in [0.25, 0.3) is 0 Å². The molecule has 0 radical (unpaired) electrons. The summed E-state index contributed by atoms with van der Waals surface area (Å²) in [5.41, 5.74) is 2.46. The Morgan fingerprint density at radius 2 is 1.95 bits per heavy atom. The van der Waals surface area contributed by atoms with E-state index < -0.39 is 0 Å². The molecule has 120 valence electrons. The van der Waals surface area contributed by atoms with Gasteiger partial charge in [0.2, 0.25) is 5.88 Å². The lowest BCUT2D eigenvalue weighted by Crippen LogP contribution is -2.35. The van der Waals surface area contributed by atoms with Crippen LogP contribution in [0.2, 0.25) is 0 Å². The Labute approximate surface area is 130 Å². The average molecular weight is 292 g/mol. The second kappa shape index (κ2) is 8.38. The Kier molecular flexibility index (Phi) is 7.16. The Balaban J connectivity index is 2.70. The third-order valence-electron chi connectivity index (χ3n) is 3.40. The number of nitrogens with one attached hydrogen (secondary N) is 1. The minimum Gasteiger partial charge on any atom is -0.477 e. The summed E-state index contributed by atoms with van der Waals surface area (Å²) in [6.07, 6.45) is 3.34. The summed E-state index contributed by atoms with van der Waals surface area (Å²) in [6.45, 7) is 14.7. The molecular formula is C18H32N2O. The molecule has 3 nitrogen and oxygen atoms in total. The van der Waals surface area contributed by atoms with Gasteiger partial charge >= 0.3 is 0 Å². The smallest absolute Gasteiger partial charge is 0.213 e. The number of pyridine rings is 1. The second-order valence-electron chi connectivity index (χ2n) is 6.97. The summed E-state index contributed by atoms with van der Waals surface area (Å²) < 4.78 is 5.90. The molecule has 0 spiro atoms. The molecule has 0 aliphatic rings. The lowest BCUT2D eigenvalue weighted by molar-refractivity contribution is 0.242. The van der Waals surface area contributed by atoms with Crippen LogP contribution in [0.1, 0.15) is 65.6 Å². The van der Waals surface area contributed by atoms with Gasteiger partial charge in [-0.1, -0.05) is 27.2 Å². The highest BCUT2D eigenvalue weighted by molar-refractivity contribution is 5.25. The maximum Gasteiger partial charge on any atom is 0.213 e. The molecule has 0 amide bonds. The molecule has 3 heteroatoms. The van der Waals surface area contributed by atoms with Crippen LogP contribution in [-0.2, 0) is 13.0 Å². The highest BCUT2D eigenvalue weighted by Crippen LogP contribution is 2.16.